The molecule has 0 bridgehead atoms. The fraction of sp³-hybridized carbons (Fsp3) is 0.0833. The number of alkyl halides is 2. The van der Waals surface area contributed by atoms with Crippen molar-refractivity contribution in [2.45, 2.75) is 6.29 Å². The molecule has 0 amide bonds. The van der Waals surface area contributed by atoms with Crippen LogP contribution < -0.4 is 14.2 Å². The Labute approximate surface area is 101 Å². The van der Waals surface area contributed by atoms with Gasteiger partial charge >= 0.3 is 6.29 Å². The third kappa shape index (κ3) is 1.81. The van der Waals surface area contributed by atoms with E-state index in [9.17, 15) is 14.0 Å². The number of fused-ring (bicyclic) bond motifs is 1. The first-order valence-corrected chi connectivity index (χ1v) is 5.13. The topological polar surface area (TPSA) is 45.4 Å². The van der Waals surface area contributed by atoms with Gasteiger partial charge in [-0.25, -0.2) is 0 Å². The summed E-state index contributed by atoms with van der Waals surface area (Å²) in [5.41, 5.74) is 1.39. The highest BCUT2D eigenvalue weighted by Crippen LogP contribution is 2.42. The molecule has 6 heteroatoms. The average Bonchev–Trinajstić information content (AvgIpc) is 2.62. The zero-order chi connectivity index (χ0) is 12.8. The summed E-state index contributed by atoms with van der Waals surface area (Å²) in [4.78, 5) is 0. The molecule has 0 fully saturated rings. The summed E-state index contributed by atoms with van der Waals surface area (Å²) in [6.07, 6.45) is -0.960. The summed E-state index contributed by atoms with van der Waals surface area (Å²) in [7, 11) is 0. The fourth-order valence-electron chi connectivity index (χ4n) is 1.73. The van der Waals surface area contributed by atoms with E-state index in [1.807, 2.05) is 0 Å². The number of rotatable bonds is 1. The monoisotopic (exact) mass is 251 g/mol. The Bertz CT molecular complexity index is 599. The van der Waals surface area contributed by atoms with Gasteiger partial charge in [0, 0.05) is 12.1 Å². The van der Waals surface area contributed by atoms with Gasteiger partial charge in [0.25, 0.3) is 0 Å². The van der Waals surface area contributed by atoms with Crippen molar-refractivity contribution in [2.24, 2.45) is 0 Å². The minimum absolute atomic E-state index is 0.00132. The maximum absolute atomic E-state index is 12.8. The first-order chi connectivity index (χ1) is 8.53. The standard InChI is InChI=1S/C12H7F2NO3/c13-12(14)17-10-2-1-9(7-11(10)18-12)8-3-5-15(16)6-4-8/h1-7H. The van der Waals surface area contributed by atoms with Crippen molar-refractivity contribution < 1.29 is 23.0 Å². The molecule has 0 saturated heterocycles. The molecule has 2 heterocycles. The van der Waals surface area contributed by atoms with Crippen molar-refractivity contribution in [3.05, 3.63) is 47.9 Å². The van der Waals surface area contributed by atoms with Crippen LogP contribution in [0.25, 0.3) is 11.1 Å². The molecular formula is C12H7F2NO3. The first kappa shape index (κ1) is 10.8. The highest BCUT2D eigenvalue weighted by molar-refractivity contribution is 5.66. The number of hydrogen-bond donors (Lipinski definition) is 0. The van der Waals surface area contributed by atoms with Gasteiger partial charge in [0.2, 0.25) is 0 Å². The van der Waals surface area contributed by atoms with Crippen LogP contribution in [-0.4, -0.2) is 6.29 Å². The van der Waals surface area contributed by atoms with E-state index in [1.165, 1.54) is 24.5 Å². The lowest BCUT2D eigenvalue weighted by atomic mass is 10.1. The SMILES string of the molecule is [O-][n+]1ccc(-c2ccc3c(c2)OC(F)(F)O3)cc1. The molecule has 92 valence electrons. The highest BCUT2D eigenvalue weighted by Gasteiger charge is 2.43. The van der Waals surface area contributed by atoms with Gasteiger partial charge in [-0.1, -0.05) is 6.07 Å². The second-order valence-corrected chi connectivity index (χ2v) is 3.78. The molecule has 1 aromatic carbocycles. The first-order valence-electron chi connectivity index (χ1n) is 5.13. The third-order valence-electron chi connectivity index (χ3n) is 2.54. The van der Waals surface area contributed by atoms with Gasteiger partial charge in [-0.15, -0.1) is 8.78 Å². The predicted molar refractivity (Wildman–Crippen MR) is 57.0 cm³/mol. The molecule has 0 spiro atoms. The highest BCUT2D eigenvalue weighted by atomic mass is 19.3. The summed E-state index contributed by atoms with van der Waals surface area (Å²) >= 11 is 0. The molecule has 0 radical (unpaired) electrons. The number of pyridine rings is 1. The van der Waals surface area contributed by atoms with Crippen molar-refractivity contribution in [3.8, 4) is 22.6 Å². The smallest absolute Gasteiger partial charge is 0.586 e. The number of hydrogen-bond acceptors (Lipinski definition) is 3. The second-order valence-electron chi connectivity index (χ2n) is 3.78. The van der Waals surface area contributed by atoms with E-state index < -0.39 is 6.29 Å². The van der Waals surface area contributed by atoms with Crippen LogP contribution in [0.3, 0.4) is 0 Å². The number of benzene rings is 1. The van der Waals surface area contributed by atoms with Crippen LogP contribution in [0.15, 0.2) is 42.7 Å². The van der Waals surface area contributed by atoms with E-state index in [0.29, 0.717) is 10.3 Å². The molecule has 4 nitrogen and oxygen atoms in total. The maximum atomic E-state index is 12.8. The van der Waals surface area contributed by atoms with Gasteiger partial charge < -0.3 is 14.7 Å². The van der Waals surface area contributed by atoms with Crippen LogP contribution in [0.2, 0.25) is 0 Å². The summed E-state index contributed by atoms with van der Waals surface area (Å²) in [6.45, 7) is 0. The quantitative estimate of drug-likeness (QED) is 0.577. The van der Waals surface area contributed by atoms with Gasteiger partial charge in [-0.2, -0.15) is 4.73 Å². The fourth-order valence-corrected chi connectivity index (χ4v) is 1.73. The van der Waals surface area contributed by atoms with Crippen molar-refractivity contribution in [3.63, 3.8) is 0 Å². The van der Waals surface area contributed by atoms with Crippen molar-refractivity contribution in [1.82, 2.24) is 0 Å². The summed E-state index contributed by atoms with van der Waals surface area (Å²) < 4.78 is 35.0. The van der Waals surface area contributed by atoms with Crippen molar-refractivity contribution in [2.75, 3.05) is 0 Å². The van der Waals surface area contributed by atoms with E-state index in [1.54, 1.807) is 18.2 Å². The van der Waals surface area contributed by atoms with Crippen LogP contribution in [0.1, 0.15) is 0 Å². The molecular weight excluding hydrogens is 244 g/mol. The summed E-state index contributed by atoms with van der Waals surface area (Å²) in [5.74, 6) is -0.0186. The molecule has 3 rings (SSSR count). The van der Waals surface area contributed by atoms with Gasteiger partial charge in [0.1, 0.15) is 0 Å². The van der Waals surface area contributed by atoms with Crippen LogP contribution in [0, 0.1) is 5.21 Å². The molecule has 18 heavy (non-hydrogen) atoms. The molecule has 0 atom stereocenters. The molecule has 1 aliphatic rings. The van der Waals surface area contributed by atoms with Gasteiger partial charge in [-0.05, 0) is 23.3 Å². The maximum Gasteiger partial charge on any atom is 0.586 e. The Kier molecular flexibility index (Phi) is 2.13. The molecule has 1 aliphatic heterocycles. The Morgan fingerprint density at radius 1 is 0.944 bits per heavy atom. The van der Waals surface area contributed by atoms with Crippen molar-refractivity contribution >= 4 is 0 Å². The molecule has 0 aliphatic carbocycles. The number of ether oxygens (including phenoxy) is 2. The summed E-state index contributed by atoms with van der Waals surface area (Å²) in [5, 5.41) is 10.9. The zero-order valence-electron chi connectivity index (χ0n) is 8.97. The normalized spacial score (nSPS) is 15.7. The molecule has 2 aromatic rings. The Morgan fingerprint density at radius 2 is 1.61 bits per heavy atom. The Morgan fingerprint density at radius 3 is 2.33 bits per heavy atom. The lowest BCUT2D eigenvalue weighted by Gasteiger charge is -2.04. The minimum Gasteiger partial charge on any atom is -0.619 e. The van der Waals surface area contributed by atoms with E-state index in [0.717, 1.165) is 5.56 Å². The second kappa shape index (κ2) is 3.56. The predicted octanol–water partition coefficient (Wildman–Crippen LogP) is 2.31. The molecule has 0 unspecified atom stereocenters. The minimum atomic E-state index is -3.62. The largest absolute Gasteiger partial charge is 0.619 e. The van der Waals surface area contributed by atoms with Crippen molar-refractivity contribution in [1.29, 1.82) is 0 Å². The Balaban J connectivity index is 1.99. The van der Waals surface area contributed by atoms with Crippen LogP contribution >= 0.6 is 0 Å². The number of nitrogens with zero attached hydrogens (tertiary/aromatic N) is 1. The number of halogens is 2. The van der Waals surface area contributed by atoms with Crippen LogP contribution in [0.5, 0.6) is 11.5 Å². The molecule has 1 aromatic heterocycles. The van der Waals surface area contributed by atoms with Gasteiger partial charge in [-0.3, -0.25) is 0 Å². The molecule has 0 saturated carbocycles. The van der Waals surface area contributed by atoms with E-state index in [2.05, 4.69) is 9.47 Å². The average molecular weight is 251 g/mol. The summed E-state index contributed by atoms with van der Waals surface area (Å²) in [6, 6.07) is 7.64. The Hall–Kier alpha value is -2.37. The lowest BCUT2D eigenvalue weighted by Crippen LogP contribution is -2.25. The zero-order valence-corrected chi connectivity index (χ0v) is 8.97. The number of aromatic nitrogens is 1. The van der Waals surface area contributed by atoms with Gasteiger partial charge in [0.15, 0.2) is 23.9 Å². The van der Waals surface area contributed by atoms with E-state index in [4.69, 9.17) is 0 Å². The van der Waals surface area contributed by atoms with Crippen LogP contribution in [0.4, 0.5) is 8.78 Å². The molecule has 0 N–H and O–H groups in total. The third-order valence-corrected chi connectivity index (χ3v) is 2.54. The van der Waals surface area contributed by atoms with Gasteiger partial charge in [0.05, 0.1) is 0 Å². The van der Waals surface area contributed by atoms with E-state index >= 15 is 0 Å². The lowest BCUT2D eigenvalue weighted by molar-refractivity contribution is -0.605. The van der Waals surface area contributed by atoms with Crippen LogP contribution in [-0.2, 0) is 0 Å². The van der Waals surface area contributed by atoms with E-state index in [-0.39, 0.29) is 11.5 Å².